The fraction of sp³-hybridized carbons (Fsp3) is 0.400. The van der Waals surface area contributed by atoms with Crippen molar-refractivity contribution < 1.29 is 29.0 Å². The molecule has 188 valence electrons. The molecular formula is C25H29ClFN3O5. The summed E-state index contributed by atoms with van der Waals surface area (Å²) in [6.45, 7) is 5.34. The zero-order valence-corrected chi connectivity index (χ0v) is 20.0. The van der Waals surface area contributed by atoms with Gasteiger partial charge in [-0.15, -0.1) is 0 Å². The zero-order chi connectivity index (χ0) is 25.4. The van der Waals surface area contributed by atoms with Gasteiger partial charge in [-0.2, -0.15) is 0 Å². The Morgan fingerprint density at radius 3 is 2.00 bits per heavy atom. The molecule has 2 N–H and O–H groups in total. The Morgan fingerprint density at radius 2 is 1.43 bits per heavy atom. The average molecular weight is 506 g/mol. The van der Waals surface area contributed by atoms with Crippen LogP contribution in [-0.2, 0) is 20.9 Å². The predicted octanol–water partition coefficient (Wildman–Crippen LogP) is 3.20. The fourth-order valence-corrected chi connectivity index (χ4v) is 4.54. The quantitative estimate of drug-likeness (QED) is 0.615. The molecule has 2 aliphatic rings. The second-order valence-corrected chi connectivity index (χ2v) is 8.92. The van der Waals surface area contributed by atoms with Crippen LogP contribution >= 0.6 is 11.6 Å². The highest BCUT2D eigenvalue weighted by atomic mass is 35.5. The summed E-state index contributed by atoms with van der Waals surface area (Å²) in [4.78, 5) is 37.5. The molecule has 0 spiro atoms. The van der Waals surface area contributed by atoms with Crippen molar-refractivity contribution in [2.75, 3.05) is 44.2 Å². The van der Waals surface area contributed by atoms with E-state index in [1.807, 2.05) is 40.1 Å². The van der Waals surface area contributed by atoms with Gasteiger partial charge >= 0.3 is 11.9 Å². The number of hydrogen-bond donors (Lipinski definition) is 2. The van der Waals surface area contributed by atoms with Gasteiger partial charge in [-0.05, 0) is 49.7 Å². The Morgan fingerprint density at radius 1 is 0.857 bits per heavy atom. The number of nitrogens with zero attached hydrogens (tertiary/aromatic N) is 3. The summed E-state index contributed by atoms with van der Waals surface area (Å²) < 4.78 is 14.0. The third-order valence-electron chi connectivity index (χ3n) is 6.26. The molecule has 2 saturated heterocycles. The van der Waals surface area contributed by atoms with Crippen molar-refractivity contribution in [1.29, 1.82) is 0 Å². The molecule has 2 aliphatic heterocycles. The first-order valence-electron chi connectivity index (χ1n) is 11.5. The van der Waals surface area contributed by atoms with E-state index in [0.29, 0.717) is 31.9 Å². The van der Waals surface area contributed by atoms with Crippen molar-refractivity contribution in [3.63, 3.8) is 0 Å². The molecule has 0 radical (unpaired) electrons. The lowest BCUT2D eigenvalue weighted by Crippen LogP contribution is -2.51. The van der Waals surface area contributed by atoms with Gasteiger partial charge in [-0.1, -0.05) is 41.9 Å². The summed E-state index contributed by atoms with van der Waals surface area (Å²) >= 11 is 6.28. The van der Waals surface area contributed by atoms with Crippen molar-refractivity contribution in [3.8, 4) is 0 Å². The summed E-state index contributed by atoms with van der Waals surface area (Å²) in [5, 5.41) is 15.6. The number of benzene rings is 2. The topological polar surface area (TPSA) is 101 Å². The zero-order valence-electron chi connectivity index (χ0n) is 19.3. The van der Waals surface area contributed by atoms with Crippen LogP contribution in [0.4, 0.5) is 10.1 Å². The van der Waals surface area contributed by atoms with E-state index < -0.39 is 11.9 Å². The molecule has 35 heavy (non-hydrogen) atoms. The number of likely N-dealkylation sites (tertiary alicyclic amines) is 1. The summed E-state index contributed by atoms with van der Waals surface area (Å²) in [6, 6.07) is 14.8. The van der Waals surface area contributed by atoms with Crippen LogP contribution < -0.4 is 4.90 Å². The highest BCUT2D eigenvalue weighted by Gasteiger charge is 2.31. The van der Waals surface area contributed by atoms with Gasteiger partial charge < -0.3 is 20.0 Å². The maximum absolute atomic E-state index is 14.0. The van der Waals surface area contributed by atoms with Gasteiger partial charge in [0, 0.05) is 43.7 Å². The lowest BCUT2D eigenvalue weighted by Gasteiger charge is -2.39. The van der Waals surface area contributed by atoms with Crippen molar-refractivity contribution in [2.45, 2.75) is 19.4 Å². The van der Waals surface area contributed by atoms with E-state index >= 15 is 0 Å². The van der Waals surface area contributed by atoms with Gasteiger partial charge in [0.2, 0.25) is 5.91 Å². The molecule has 2 aromatic rings. The van der Waals surface area contributed by atoms with Crippen molar-refractivity contribution in [1.82, 2.24) is 9.80 Å². The maximum atomic E-state index is 14.0. The van der Waals surface area contributed by atoms with E-state index in [9.17, 15) is 9.18 Å². The minimum atomic E-state index is -1.82. The first-order chi connectivity index (χ1) is 16.8. The standard InChI is InChI=1S/C23H27ClFN3O.C2H2O4/c24-20-6-2-1-5-19(20)17-26-11-9-18(10-12-26)23(29)28-15-13-27(14-16-28)22-8-4-3-7-21(22)25;3-1(4)2(5)6/h1-8,18H,9-17H2;(H,3,4)(H,5,6). The van der Waals surface area contributed by atoms with Gasteiger partial charge in [-0.3, -0.25) is 9.69 Å². The number of carboxylic acids is 2. The van der Waals surface area contributed by atoms with Crippen molar-refractivity contribution >= 4 is 35.1 Å². The Balaban J connectivity index is 0.000000509. The molecule has 2 aromatic carbocycles. The Hall–Kier alpha value is -3.17. The highest BCUT2D eigenvalue weighted by molar-refractivity contribution is 6.31. The van der Waals surface area contributed by atoms with Crippen LogP contribution in [0.5, 0.6) is 0 Å². The van der Waals surface area contributed by atoms with Crippen LogP contribution in [0.3, 0.4) is 0 Å². The molecule has 0 bridgehead atoms. The average Bonchev–Trinajstić information content (AvgIpc) is 2.86. The number of amides is 1. The second-order valence-electron chi connectivity index (χ2n) is 8.52. The number of aliphatic carboxylic acids is 2. The Labute approximate surface area is 208 Å². The van der Waals surface area contributed by atoms with Crippen LogP contribution in [0.25, 0.3) is 0 Å². The van der Waals surface area contributed by atoms with Crippen molar-refractivity contribution in [3.05, 3.63) is 64.9 Å². The molecule has 0 saturated carbocycles. The minimum Gasteiger partial charge on any atom is -0.473 e. The van der Waals surface area contributed by atoms with Gasteiger partial charge in [0.05, 0.1) is 5.69 Å². The first kappa shape index (κ1) is 26.4. The molecule has 8 nitrogen and oxygen atoms in total. The number of carboxylic acid groups (broad SMARTS) is 2. The molecule has 2 heterocycles. The molecule has 4 rings (SSSR count). The summed E-state index contributed by atoms with van der Waals surface area (Å²) in [5.41, 5.74) is 1.77. The van der Waals surface area contributed by atoms with Gasteiger partial charge in [0.15, 0.2) is 0 Å². The van der Waals surface area contributed by atoms with Crippen molar-refractivity contribution in [2.24, 2.45) is 5.92 Å². The lowest BCUT2D eigenvalue weighted by atomic mass is 9.94. The van der Waals surface area contributed by atoms with E-state index in [2.05, 4.69) is 11.0 Å². The molecular weight excluding hydrogens is 477 g/mol. The number of piperazine rings is 1. The summed E-state index contributed by atoms with van der Waals surface area (Å²) in [6.07, 6.45) is 1.77. The van der Waals surface area contributed by atoms with E-state index in [4.69, 9.17) is 31.4 Å². The van der Waals surface area contributed by atoms with Crippen LogP contribution in [0, 0.1) is 11.7 Å². The Bertz CT molecular complexity index is 1030. The smallest absolute Gasteiger partial charge is 0.414 e. The van der Waals surface area contributed by atoms with Gasteiger partial charge in [0.1, 0.15) is 5.82 Å². The number of anilines is 1. The fourth-order valence-electron chi connectivity index (χ4n) is 4.34. The van der Waals surface area contributed by atoms with E-state index in [1.54, 1.807) is 6.07 Å². The molecule has 0 atom stereocenters. The van der Waals surface area contributed by atoms with Gasteiger partial charge in [-0.25, -0.2) is 14.0 Å². The molecule has 2 fully saturated rings. The SMILES string of the molecule is O=C(C1CCN(Cc2ccccc2Cl)CC1)N1CCN(c2ccccc2F)CC1.O=C(O)C(=O)O. The predicted molar refractivity (Wildman–Crippen MR) is 130 cm³/mol. The van der Waals surface area contributed by atoms with E-state index in [-0.39, 0.29) is 17.6 Å². The molecule has 0 aliphatic carbocycles. The second kappa shape index (κ2) is 12.5. The number of carbonyl (C=O) groups excluding carboxylic acids is 1. The monoisotopic (exact) mass is 505 g/mol. The molecule has 0 aromatic heterocycles. The number of halogens is 2. The number of hydrogen-bond acceptors (Lipinski definition) is 5. The Kier molecular flexibility index (Phi) is 9.45. The normalized spacial score (nSPS) is 16.9. The summed E-state index contributed by atoms with van der Waals surface area (Å²) in [5.74, 6) is -3.49. The van der Waals surface area contributed by atoms with Crippen LogP contribution in [0.1, 0.15) is 18.4 Å². The molecule has 0 unspecified atom stereocenters. The number of para-hydroxylation sites is 1. The number of rotatable bonds is 4. The van der Waals surface area contributed by atoms with Crippen LogP contribution in [0.15, 0.2) is 48.5 Å². The van der Waals surface area contributed by atoms with Gasteiger partial charge in [0.25, 0.3) is 0 Å². The minimum absolute atomic E-state index is 0.0949. The maximum Gasteiger partial charge on any atom is 0.414 e. The largest absolute Gasteiger partial charge is 0.473 e. The number of piperidine rings is 1. The molecule has 1 amide bonds. The number of carbonyl (C=O) groups is 3. The molecule has 10 heteroatoms. The van der Waals surface area contributed by atoms with E-state index in [0.717, 1.165) is 43.1 Å². The van der Waals surface area contributed by atoms with Crippen LogP contribution in [0.2, 0.25) is 5.02 Å². The van der Waals surface area contributed by atoms with Crippen LogP contribution in [-0.4, -0.2) is 77.1 Å². The summed E-state index contributed by atoms with van der Waals surface area (Å²) in [7, 11) is 0. The third-order valence-corrected chi connectivity index (χ3v) is 6.62. The van der Waals surface area contributed by atoms with E-state index in [1.165, 1.54) is 6.07 Å². The third kappa shape index (κ3) is 7.40. The highest BCUT2D eigenvalue weighted by Crippen LogP contribution is 2.25. The lowest BCUT2D eigenvalue weighted by molar-refractivity contribution is -0.159. The first-order valence-corrected chi connectivity index (χ1v) is 11.8.